The van der Waals surface area contributed by atoms with E-state index in [2.05, 4.69) is 45.4 Å². The average Bonchev–Trinajstić information content (AvgIpc) is 2.69. The van der Waals surface area contributed by atoms with Crippen molar-refractivity contribution in [1.82, 2.24) is 4.90 Å². The molecule has 26 heavy (non-hydrogen) atoms. The first-order valence-corrected chi connectivity index (χ1v) is 10.1. The van der Waals surface area contributed by atoms with Gasteiger partial charge in [-0.25, -0.2) is 0 Å². The van der Waals surface area contributed by atoms with Crippen LogP contribution < -0.4 is 5.73 Å². The van der Waals surface area contributed by atoms with Crippen molar-refractivity contribution < 1.29 is 0 Å². The van der Waals surface area contributed by atoms with Crippen LogP contribution in [0.1, 0.15) is 36.0 Å². The van der Waals surface area contributed by atoms with Crippen molar-refractivity contribution in [3.63, 3.8) is 0 Å². The van der Waals surface area contributed by atoms with Gasteiger partial charge in [0.05, 0.1) is 6.21 Å². The topological polar surface area (TPSA) is 54.0 Å². The van der Waals surface area contributed by atoms with Gasteiger partial charge in [-0.2, -0.15) is 5.10 Å². The molecular weight excluding hydrogens is 340 g/mol. The van der Waals surface area contributed by atoms with Gasteiger partial charge in [-0.05, 0) is 42.6 Å². The maximum atomic E-state index is 5.96. The number of nitrogens with two attached hydrogens (primary N) is 1. The van der Waals surface area contributed by atoms with E-state index < -0.39 is 0 Å². The zero-order valence-electron chi connectivity index (χ0n) is 15.1. The van der Waals surface area contributed by atoms with E-state index in [4.69, 9.17) is 5.73 Å². The molecule has 2 aromatic carbocycles. The summed E-state index contributed by atoms with van der Waals surface area (Å²) in [6, 6.07) is 18.6. The third-order valence-corrected chi connectivity index (χ3v) is 5.34. The molecule has 0 aromatic heterocycles. The summed E-state index contributed by atoms with van der Waals surface area (Å²) in [6.45, 7) is 3.35. The van der Waals surface area contributed by atoms with Crippen LogP contribution in [0, 0.1) is 0 Å². The molecule has 0 radical (unpaired) electrons. The van der Waals surface area contributed by atoms with E-state index >= 15 is 0 Å². The number of piperidine rings is 1. The first-order chi connectivity index (χ1) is 12.8. The minimum Gasteiger partial charge on any atom is -0.377 e. The SMILES string of the molecule is NC(=NN=Cc1ccccc1CN1CCCCC1)SCc1ccccc1. The van der Waals surface area contributed by atoms with Gasteiger partial charge in [0, 0.05) is 12.3 Å². The Morgan fingerprint density at radius 2 is 1.73 bits per heavy atom. The van der Waals surface area contributed by atoms with Crippen LogP contribution in [0.3, 0.4) is 0 Å². The second kappa shape index (κ2) is 10.1. The fourth-order valence-electron chi connectivity index (χ4n) is 3.07. The van der Waals surface area contributed by atoms with Crippen molar-refractivity contribution in [3.05, 3.63) is 71.3 Å². The van der Waals surface area contributed by atoms with E-state index in [9.17, 15) is 0 Å². The minimum absolute atomic E-state index is 0.485. The van der Waals surface area contributed by atoms with E-state index in [1.54, 1.807) is 0 Å². The van der Waals surface area contributed by atoms with Crippen LogP contribution in [-0.2, 0) is 12.3 Å². The van der Waals surface area contributed by atoms with E-state index in [0.29, 0.717) is 5.17 Å². The summed E-state index contributed by atoms with van der Waals surface area (Å²) in [5.41, 5.74) is 9.60. The Bertz CT molecular complexity index is 737. The highest BCUT2D eigenvalue weighted by atomic mass is 32.2. The molecule has 3 rings (SSSR count). The molecule has 0 saturated carbocycles. The van der Waals surface area contributed by atoms with Crippen molar-refractivity contribution in [3.8, 4) is 0 Å². The van der Waals surface area contributed by atoms with E-state index in [1.807, 2.05) is 30.5 Å². The van der Waals surface area contributed by atoms with Gasteiger partial charge in [0.15, 0.2) is 5.17 Å². The maximum Gasteiger partial charge on any atom is 0.180 e. The number of thioether (sulfide) groups is 1. The standard InChI is InChI=1S/C21H26N4S/c22-21(26-17-18-9-3-1-4-10-18)24-23-15-19-11-5-6-12-20(19)16-25-13-7-2-8-14-25/h1,3-6,9-12,15H,2,7-8,13-14,16-17H2,(H2,22,24). The molecule has 2 N–H and O–H groups in total. The van der Waals surface area contributed by atoms with Crippen LogP contribution in [0.4, 0.5) is 0 Å². The highest BCUT2D eigenvalue weighted by Gasteiger charge is 2.11. The normalized spacial score (nSPS) is 16.2. The molecule has 0 spiro atoms. The summed E-state index contributed by atoms with van der Waals surface area (Å²) in [5, 5.41) is 8.83. The summed E-state index contributed by atoms with van der Waals surface area (Å²) in [5.74, 6) is 0.803. The van der Waals surface area contributed by atoms with Gasteiger partial charge in [0.1, 0.15) is 0 Å². The lowest BCUT2D eigenvalue weighted by molar-refractivity contribution is 0.221. The first-order valence-electron chi connectivity index (χ1n) is 9.15. The number of amidine groups is 1. The van der Waals surface area contributed by atoms with E-state index in [0.717, 1.165) is 17.9 Å². The molecule has 0 atom stereocenters. The summed E-state index contributed by atoms with van der Waals surface area (Å²) in [4.78, 5) is 2.52. The third-order valence-electron chi connectivity index (χ3n) is 4.48. The van der Waals surface area contributed by atoms with Crippen molar-refractivity contribution in [2.75, 3.05) is 13.1 Å². The first kappa shape index (κ1) is 18.7. The van der Waals surface area contributed by atoms with Crippen molar-refractivity contribution in [2.45, 2.75) is 31.6 Å². The summed E-state index contributed by atoms with van der Waals surface area (Å²) in [6.07, 6.45) is 5.77. The number of hydrogen-bond acceptors (Lipinski definition) is 4. The number of rotatable bonds is 6. The summed E-state index contributed by atoms with van der Waals surface area (Å²) < 4.78 is 0. The number of likely N-dealkylation sites (tertiary alicyclic amines) is 1. The van der Waals surface area contributed by atoms with Gasteiger partial charge >= 0.3 is 0 Å². The molecule has 2 aromatic rings. The van der Waals surface area contributed by atoms with E-state index in [1.165, 1.54) is 55.2 Å². The van der Waals surface area contributed by atoms with Crippen LogP contribution in [0.5, 0.6) is 0 Å². The third kappa shape index (κ3) is 6.00. The number of nitrogens with zero attached hydrogens (tertiary/aromatic N) is 3. The highest BCUT2D eigenvalue weighted by Crippen LogP contribution is 2.15. The molecule has 1 saturated heterocycles. The van der Waals surface area contributed by atoms with Crippen LogP contribution >= 0.6 is 11.8 Å². The maximum absolute atomic E-state index is 5.96. The summed E-state index contributed by atoms with van der Waals surface area (Å²) in [7, 11) is 0. The van der Waals surface area contributed by atoms with Crippen molar-refractivity contribution in [2.24, 2.45) is 15.9 Å². The molecule has 4 nitrogen and oxygen atoms in total. The largest absolute Gasteiger partial charge is 0.377 e. The van der Waals surface area contributed by atoms with Crippen LogP contribution in [0.25, 0.3) is 0 Å². The summed E-state index contributed by atoms with van der Waals surface area (Å²) >= 11 is 1.50. The zero-order chi connectivity index (χ0) is 18.0. The van der Waals surface area contributed by atoms with Crippen LogP contribution in [0.15, 0.2) is 64.8 Å². The van der Waals surface area contributed by atoms with Gasteiger partial charge in [0.25, 0.3) is 0 Å². The van der Waals surface area contributed by atoms with E-state index in [-0.39, 0.29) is 0 Å². The van der Waals surface area contributed by atoms with Gasteiger partial charge in [0.2, 0.25) is 0 Å². The Morgan fingerprint density at radius 1 is 1.00 bits per heavy atom. The average molecular weight is 367 g/mol. The fourth-order valence-corrected chi connectivity index (χ4v) is 3.68. The monoisotopic (exact) mass is 366 g/mol. The number of hydrogen-bond donors (Lipinski definition) is 1. The molecule has 5 heteroatoms. The minimum atomic E-state index is 0.485. The Kier molecular flexibility index (Phi) is 7.28. The quantitative estimate of drug-likeness (QED) is 0.472. The molecule has 0 aliphatic carbocycles. The Balaban J connectivity index is 1.57. The second-order valence-electron chi connectivity index (χ2n) is 6.49. The predicted octanol–water partition coefficient (Wildman–Crippen LogP) is 4.25. The Labute approximate surface area is 160 Å². The smallest absolute Gasteiger partial charge is 0.180 e. The van der Waals surface area contributed by atoms with Gasteiger partial charge in [-0.3, -0.25) is 4.90 Å². The predicted molar refractivity (Wildman–Crippen MR) is 113 cm³/mol. The zero-order valence-corrected chi connectivity index (χ0v) is 15.9. The molecular formula is C21H26N4S. The Morgan fingerprint density at radius 3 is 2.54 bits per heavy atom. The fraction of sp³-hybridized carbons (Fsp3) is 0.333. The lowest BCUT2D eigenvalue weighted by Crippen LogP contribution is -2.29. The second-order valence-corrected chi connectivity index (χ2v) is 7.49. The molecule has 0 amide bonds. The molecule has 1 aliphatic rings. The van der Waals surface area contributed by atoms with Gasteiger partial charge in [-0.15, -0.1) is 5.10 Å². The van der Waals surface area contributed by atoms with Crippen LogP contribution in [0.2, 0.25) is 0 Å². The lowest BCUT2D eigenvalue weighted by atomic mass is 10.1. The molecule has 1 heterocycles. The van der Waals surface area contributed by atoms with Crippen molar-refractivity contribution in [1.29, 1.82) is 0 Å². The molecule has 136 valence electrons. The molecule has 1 aliphatic heterocycles. The van der Waals surface area contributed by atoms with Crippen LogP contribution in [-0.4, -0.2) is 29.4 Å². The Hall–Kier alpha value is -2.11. The number of benzene rings is 2. The molecule has 0 bridgehead atoms. The molecule has 0 unspecified atom stereocenters. The highest BCUT2D eigenvalue weighted by molar-refractivity contribution is 8.13. The lowest BCUT2D eigenvalue weighted by Gasteiger charge is -2.26. The molecule has 1 fully saturated rings. The van der Waals surface area contributed by atoms with Crippen molar-refractivity contribution >= 4 is 23.1 Å². The van der Waals surface area contributed by atoms with Gasteiger partial charge in [-0.1, -0.05) is 72.8 Å². The van der Waals surface area contributed by atoms with Gasteiger partial charge < -0.3 is 5.73 Å².